The molecule has 1 aliphatic rings. The van der Waals surface area contributed by atoms with Crippen molar-refractivity contribution in [1.29, 1.82) is 0 Å². The first-order chi connectivity index (χ1) is 12.2. The molecule has 0 aliphatic carbocycles. The Balaban J connectivity index is 2.08. The number of anilines is 1. The lowest BCUT2D eigenvalue weighted by Gasteiger charge is -2.22. The predicted octanol–water partition coefficient (Wildman–Crippen LogP) is 1.67. The number of terminal acetylenes is 1. The van der Waals surface area contributed by atoms with E-state index in [4.69, 9.17) is 12.2 Å². The van der Waals surface area contributed by atoms with E-state index in [1.807, 2.05) is 12.1 Å². The second kappa shape index (κ2) is 7.22. The fourth-order valence-corrected chi connectivity index (χ4v) is 3.24. The quantitative estimate of drug-likeness (QED) is 0.506. The van der Waals surface area contributed by atoms with Crippen LogP contribution in [0.4, 0.5) is 5.69 Å². The van der Waals surface area contributed by atoms with Gasteiger partial charge in [0.25, 0.3) is 5.56 Å². The average molecular weight is 335 g/mol. The highest BCUT2D eigenvalue weighted by atomic mass is 16.1. The smallest absolute Gasteiger partial charge is 0.266 e. The van der Waals surface area contributed by atoms with E-state index < -0.39 is 0 Å². The monoisotopic (exact) mass is 335 g/mol. The Bertz CT molecular complexity index is 935. The molecule has 1 fully saturated rings. The molecule has 1 aliphatic heterocycles. The van der Waals surface area contributed by atoms with Crippen LogP contribution >= 0.6 is 0 Å². The second-order valence-electron chi connectivity index (χ2n) is 6.01. The van der Waals surface area contributed by atoms with Gasteiger partial charge in [-0.2, -0.15) is 0 Å². The zero-order valence-corrected chi connectivity index (χ0v) is 14.2. The Morgan fingerprint density at radius 3 is 3.08 bits per heavy atom. The van der Waals surface area contributed by atoms with Crippen LogP contribution in [0.2, 0.25) is 0 Å². The van der Waals surface area contributed by atoms with Crippen LogP contribution in [-0.2, 0) is 6.42 Å². The van der Waals surface area contributed by atoms with Crippen molar-refractivity contribution in [3.8, 4) is 12.3 Å². The summed E-state index contributed by atoms with van der Waals surface area (Å²) in [5.74, 6) is 2.57. The third-order valence-electron chi connectivity index (χ3n) is 4.51. The summed E-state index contributed by atoms with van der Waals surface area (Å²) >= 11 is 0. The van der Waals surface area contributed by atoms with Gasteiger partial charge in [0, 0.05) is 18.5 Å². The van der Waals surface area contributed by atoms with Gasteiger partial charge in [0.2, 0.25) is 0 Å². The van der Waals surface area contributed by atoms with Gasteiger partial charge in [-0.1, -0.05) is 18.9 Å². The van der Waals surface area contributed by atoms with Crippen LogP contribution in [0.3, 0.4) is 0 Å². The van der Waals surface area contributed by atoms with Crippen molar-refractivity contribution in [1.82, 2.24) is 4.98 Å². The van der Waals surface area contributed by atoms with Crippen LogP contribution in [-0.4, -0.2) is 36.8 Å². The Hall–Kier alpha value is -3.07. The maximum Gasteiger partial charge on any atom is 0.266 e. The number of hydrogen-bond donors (Lipinski definition) is 2. The summed E-state index contributed by atoms with van der Waals surface area (Å²) in [6.07, 6.45) is 10.1. The van der Waals surface area contributed by atoms with Crippen LogP contribution in [0, 0.1) is 12.3 Å². The van der Waals surface area contributed by atoms with Crippen molar-refractivity contribution in [2.75, 3.05) is 18.0 Å². The van der Waals surface area contributed by atoms with E-state index in [0.717, 1.165) is 36.0 Å². The molecule has 1 aromatic carbocycles. The molecule has 0 radical (unpaired) electrons. The third kappa shape index (κ3) is 3.26. The van der Waals surface area contributed by atoms with Gasteiger partial charge < -0.3 is 15.6 Å². The summed E-state index contributed by atoms with van der Waals surface area (Å²) in [5, 5.41) is 0.983. The molecule has 0 saturated carbocycles. The molecule has 6 heteroatoms. The molecule has 1 saturated heterocycles. The van der Waals surface area contributed by atoms with E-state index in [1.54, 1.807) is 0 Å². The summed E-state index contributed by atoms with van der Waals surface area (Å²) in [7, 11) is 0. The number of pyridine rings is 1. The van der Waals surface area contributed by atoms with Crippen molar-refractivity contribution < 1.29 is 0 Å². The fraction of sp³-hybridized carbons (Fsp3) is 0.316. The molecule has 2 heterocycles. The molecule has 0 spiro atoms. The van der Waals surface area contributed by atoms with Gasteiger partial charge in [-0.25, -0.2) is 4.99 Å². The number of nitrogens with one attached hydrogen (secondary N) is 1. The van der Waals surface area contributed by atoms with Crippen molar-refractivity contribution in [3.05, 3.63) is 39.7 Å². The molecule has 3 N–H and O–H groups in total. The molecule has 0 unspecified atom stereocenters. The summed E-state index contributed by atoms with van der Waals surface area (Å²) in [4.78, 5) is 25.7. The number of aromatic amines is 1. The van der Waals surface area contributed by atoms with E-state index in [9.17, 15) is 4.79 Å². The fourth-order valence-electron chi connectivity index (χ4n) is 3.24. The number of benzene rings is 1. The minimum absolute atomic E-state index is 0.109. The van der Waals surface area contributed by atoms with Crippen molar-refractivity contribution in [3.63, 3.8) is 0 Å². The standard InChI is InChI=1S/C19H21N5O/c1-3-13-5-6-17-16(9-13)18(15(4-2)19(25)23-17)24-8-7-14(10-24)22-12-21-11-20/h2,5-6,9,11-12,14H,3,7-8,10H2,1H3,(H,23,25)(H2,20,21,22)/t14-/m0/s1. The maximum atomic E-state index is 12.4. The van der Waals surface area contributed by atoms with E-state index in [2.05, 4.69) is 38.8 Å². The highest BCUT2D eigenvalue weighted by Gasteiger charge is 2.26. The number of H-pyrrole nitrogens is 1. The normalized spacial score (nSPS) is 17.8. The summed E-state index contributed by atoms with van der Waals surface area (Å²) < 4.78 is 0. The summed E-state index contributed by atoms with van der Waals surface area (Å²) in [6, 6.07) is 6.19. The number of hydrogen-bond acceptors (Lipinski definition) is 3. The Morgan fingerprint density at radius 1 is 1.52 bits per heavy atom. The lowest BCUT2D eigenvalue weighted by atomic mass is 10.0. The predicted molar refractivity (Wildman–Crippen MR) is 104 cm³/mol. The van der Waals surface area contributed by atoms with Crippen LogP contribution in [0.25, 0.3) is 10.9 Å². The number of aromatic nitrogens is 1. The number of fused-ring (bicyclic) bond motifs is 1. The van der Waals surface area contributed by atoms with Gasteiger partial charge in [0.15, 0.2) is 0 Å². The van der Waals surface area contributed by atoms with Crippen LogP contribution < -0.4 is 16.2 Å². The van der Waals surface area contributed by atoms with Crippen LogP contribution in [0.5, 0.6) is 0 Å². The van der Waals surface area contributed by atoms with Crippen LogP contribution in [0.1, 0.15) is 24.5 Å². The Morgan fingerprint density at radius 2 is 2.36 bits per heavy atom. The van der Waals surface area contributed by atoms with Gasteiger partial charge in [0.1, 0.15) is 11.9 Å². The molecular weight excluding hydrogens is 314 g/mol. The molecule has 6 nitrogen and oxygen atoms in total. The highest BCUT2D eigenvalue weighted by molar-refractivity contribution is 5.95. The van der Waals surface area contributed by atoms with Crippen molar-refractivity contribution in [2.45, 2.75) is 25.8 Å². The molecule has 0 amide bonds. The number of nitrogens with zero attached hydrogens (tertiary/aromatic N) is 3. The highest BCUT2D eigenvalue weighted by Crippen LogP contribution is 2.31. The Kier molecular flexibility index (Phi) is 4.85. The molecule has 128 valence electrons. The van der Waals surface area contributed by atoms with E-state index in [0.29, 0.717) is 12.1 Å². The van der Waals surface area contributed by atoms with Gasteiger partial charge >= 0.3 is 0 Å². The molecule has 25 heavy (non-hydrogen) atoms. The SMILES string of the molecule is C#Cc1c(N2CC[C@H](N=CN=CN)C2)c2cc(CC)ccc2[nH]c1=O. The van der Waals surface area contributed by atoms with Crippen LogP contribution in [0.15, 0.2) is 33.0 Å². The first-order valence-electron chi connectivity index (χ1n) is 8.33. The molecule has 3 rings (SSSR count). The zero-order valence-electron chi connectivity index (χ0n) is 14.2. The number of aryl methyl sites for hydroxylation is 1. The minimum Gasteiger partial charge on any atom is -0.390 e. The number of rotatable bonds is 4. The van der Waals surface area contributed by atoms with Gasteiger partial charge in [-0.05, 0) is 30.5 Å². The molecule has 2 aromatic rings. The van der Waals surface area contributed by atoms with Gasteiger partial charge in [-0.15, -0.1) is 6.42 Å². The average Bonchev–Trinajstić information content (AvgIpc) is 3.09. The number of aliphatic imine (C=N–C) groups is 2. The van der Waals surface area contributed by atoms with E-state index in [1.165, 1.54) is 18.2 Å². The van der Waals surface area contributed by atoms with E-state index >= 15 is 0 Å². The molecule has 1 aromatic heterocycles. The largest absolute Gasteiger partial charge is 0.390 e. The van der Waals surface area contributed by atoms with Gasteiger partial charge in [-0.3, -0.25) is 9.79 Å². The number of nitrogens with two attached hydrogens (primary N) is 1. The lowest BCUT2D eigenvalue weighted by Crippen LogP contribution is -2.25. The molecule has 1 atom stereocenters. The Labute approximate surface area is 146 Å². The van der Waals surface area contributed by atoms with Gasteiger partial charge in [0.05, 0.1) is 23.6 Å². The zero-order chi connectivity index (χ0) is 17.8. The van der Waals surface area contributed by atoms with E-state index in [-0.39, 0.29) is 11.6 Å². The molecular formula is C19H21N5O. The van der Waals surface area contributed by atoms with Crippen molar-refractivity contribution >= 4 is 29.3 Å². The van der Waals surface area contributed by atoms with Crippen molar-refractivity contribution in [2.24, 2.45) is 15.7 Å². The summed E-state index contributed by atoms with van der Waals surface area (Å²) in [6.45, 7) is 3.59. The third-order valence-corrected chi connectivity index (χ3v) is 4.51. The first-order valence-corrected chi connectivity index (χ1v) is 8.33. The second-order valence-corrected chi connectivity index (χ2v) is 6.01. The minimum atomic E-state index is -0.228. The maximum absolute atomic E-state index is 12.4. The summed E-state index contributed by atoms with van der Waals surface area (Å²) in [5.41, 5.74) is 8.21. The topological polar surface area (TPSA) is 86.8 Å². The lowest BCUT2D eigenvalue weighted by molar-refractivity contribution is 0.757. The molecule has 0 bridgehead atoms. The first kappa shape index (κ1) is 16.8.